The fourth-order valence-electron chi connectivity index (χ4n) is 2.72. The summed E-state index contributed by atoms with van der Waals surface area (Å²) >= 11 is 0. The van der Waals surface area contributed by atoms with Gasteiger partial charge in [-0.3, -0.25) is 0 Å². The van der Waals surface area contributed by atoms with E-state index in [-0.39, 0.29) is 5.82 Å². The van der Waals surface area contributed by atoms with Crippen LogP contribution in [0, 0.1) is 5.82 Å². The summed E-state index contributed by atoms with van der Waals surface area (Å²) in [5.74, 6) is 0.798. The Morgan fingerprint density at radius 3 is 2.52 bits per heavy atom. The van der Waals surface area contributed by atoms with Gasteiger partial charge in [-0.2, -0.15) is 0 Å². The van der Waals surface area contributed by atoms with Gasteiger partial charge < -0.3 is 4.74 Å². The van der Waals surface area contributed by atoms with Crippen molar-refractivity contribution < 1.29 is 9.13 Å². The van der Waals surface area contributed by atoms with Crippen molar-refractivity contribution >= 4 is 0 Å². The Labute approximate surface area is 155 Å². The smallest absolute Gasteiger partial charge is 0.222 e. The second kappa shape index (κ2) is 7.33. The first-order valence-electron chi connectivity index (χ1n) is 8.49. The van der Waals surface area contributed by atoms with Crippen molar-refractivity contribution in [3.05, 3.63) is 72.8 Å². The van der Waals surface area contributed by atoms with Crippen molar-refractivity contribution in [2.24, 2.45) is 0 Å². The average Bonchev–Trinajstić information content (AvgIpc) is 3.14. The highest BCUT2D eigenvalue weighted by Crippen LogP contribution is 2.31. The summed E-state index contributed by atoms with van der Waals surface area (Å²) in [6.07, 6.45) is 1.44. The summed E-state index contributed by atoms with van der Waals surface area (Å²) in [5, 5.41) is 8.46. The fraction of sp³-hybridized carbons (Fsp3) is 0.100. The van der Waals surface area contributed by atoms with E-state index in [9.17, 15) is 4.39 Å². The molecule has 6 nitrogen and oxygen atoms in total. The molecule has 0 atom stereocenters. The predicted molar refractivity (Wildman–Crippen MR) is 98.6 cm³/mol. The third kappa shape index (κ3) is 3.52. The molecule has 0 aliphatic carbocycles. The number of hydrogen-bond donors (Lipinski definition) is 0. The first kappa shape index (κ1) is 16.8. The molecule has 134 valence electrons. The number of halogens is 1. The van der Waals surface area contributed by atoms with Crippen molar-refractivity contribution in [1.29, 1.82) is 0 Å². The number of para-hydroxylation sites is 1. The maximum Gasteiger partial charge on any atom is 0.222 e. The molecule has 0 saturated heterocycles. The van der Waals surface area contributed by atoms with Gasteiger partial charge in [0.15, 0.2) is 0 Å². The number of rotatable bonds is 5. The van der Waals surface area contributed by atoms with Crippen LogP contribution in [0.1, 0.15) is 6.92 Å². The normalized spacial score (nSPS) is 10.7. The minimum absolute atomic E-state index is 0.302. The zero-order chi connectivity index (χ0) is 18.6. The molecule has 0 amide bonds. The van der Waals surface area contributed by atoms with Crippen molar-refractivity contribution in [1.82, 2.24) is 25.0 Å². The number of aromatic nitrogens is 5. The summed E-state index contributed by atoms with van der Waals surface area (Å²) in [4.78, 5) is 8.55. The highest BCUT2D eigenvalue weighted by Gasteiger charge is 2.18. The fourth-order valence-corrected chi connectivity index (χ4v) is 2.72. The quantitative estimate of drug-likeness (QED) is 0.529. The lowest BCUT2D eigenvalue weighted by molar-refractivity contribution is 0.461. The molecule has 27 heavy (non-hydrogen) atoms. The van der Waals surface area contributed by atoms with Gasteiger partial charge in [0.2, 0.25) is 5.88 Å². The molecule has 0 fully saturated rings. The summed E-state index contributed by atoms with van der Waals surface area (Å²) in [6.45, 7) is 2.58. The standard InChI is InChI=1S/C20H16FN5O/c1-2-26-20(19(24-25-26)14-8-10-15(21)11-9-14)17-12-18(23-13-22-17)27-16-6-4-3-5-7-16/h3-13H,2H2,1H3. The lowest BCUT2D eigenvalue weighted by Gasteiger charge is -2.08. The van der Waals surface area contributed by atoms with Gasteiger partial charge in [0, 0.05) is 18.2 Å². The number of ether oxygens (including phenoxy) is 1. The second-order valence-electron chi connectivity index (χ2n) is 5.77. The average molecular weight is 361 g/mol. The van der Waals surface area contributed by atoms with Gasteiger partial charge in [0.1, 0.15) is 29.3 Å². The first-order chi connectivity index (χ1) is 13.2. The molecule has 0 spiro atoms. The van der Waals surface area contributed by atoms with E-state index >= 15 is 0 Å². The van der Waals surface area contributed by atoms with E-state index in [4.69, 9.17) is 4.74 Å². The number of nitrogens with zero attached hydrogens (tertiary/aromatic N) is 5. The van der Waals surface area contributed by atoms with Gasteiger partial charge in [-0.15, -0.1) is 5.10 Å². The number of aryl methyl sites for hydroxylation is 1. The highest BCUT2D eigenvalue weighted by molar-refractivity contribution is 5.76. The maximum atomic E-state index is 13.3. The molecular formula is C20H16FN5O. The van der Waals surface area contributed by atoms with Crippen LogP contribution in [-0.4, -0.2) is 25.0 Å². The molecule has 0 radical (unpaired) electrons. The van der Waals surface area contributed by atoms with Crippen molar-refractivity contribution in [3.8, 4) is 34.3 Å². The lowest BCUT2D eigenvalue weighted by atomic mass is 10.1. The summed E-state index contributed by atoms with van der Waals surface area (Å²) < 4.78 is 20.8. The first-order valence-corrected chi connectivity index (χ1v) is 8.49. The third-order valence-corrected chi connectivity index (χ3v) is 4.00. The summed E-state index contributed by atoms with van der Waals surface area (Å²) in [6, 6.07) is 17.3. The Hall–Kier alpha value is -3.61. The number of benzene rings is 2. The Balaban J connectivity index is 1.76. The molecule has 0 aliphatic heterocycles. The van der Waals surface area contributed by atoms with Crippen LogP contribution in [0.2, 0.25) is 0 Å². The van der Waals surface area contributed by atoms with Crippen LogP contribution in [0.3, 0.4) is 0 Å². The summed E-state index contributed by atoms with van der Waals surface area (Å²) in [5.41, 5.74) is 2.74. The van der Waals surface area contributed by atoms with Gasteiger partial charge in [0.25, 0.3) is 0 Å². The van der Waals surface area contributed by atoms with Crippen LogP contribution in [-0.2, 0) is 6.54 Å². The predicted octanol–water partition coefficient (Wildman–Crippen LogP) is 4.35. The molecule has 2 heterocycles. The highest BCUT2D eigenvalue weighted by atomic mass is 19.1. The van der Waals surface area contributed by atoms with Gasteiger partial charge >= 0.3 is 0 Å². The minimum atomic E-state index is -0.302. The zero-order valence-corrected chi connectivity index (χ0v) is 14.6. The molecule has 2 aromatic heterocycles. The van der Waals surface area contributed by atoms with E-state index in [1.54, 1.807) is 22.9 Å². The van der Waals surface area contributed by atoms with Crippen molar-refractivity contribution in [2.45, 2.75) is 13.5 Å². The Kier molecular flexibility index (Phi) is 4.57. The van der Waals surface area contributed by atoms with Crippen LogP contribution >= 0.6 is 0 Å². The zero-order valence-electron chi connectivity index (χ0n) is 14.6. The van der Waals surface area contributed by atoms with Crippen LogP contribution < -0.4 is 4.74 Å². The SMILES string of the molecule is CCn1nnc(-c2ccc(F)cc2)c1-c1cc(Oc2ccccc2)ncn1. The molecule has 2 aromatic carbocycles. The summed E-state index contributed by atoms with van der Waals surface area (Å²) in [7, 11) is 0. The van der Waals surface area contributed by atoms with Crippen LogP contribution in [0.15, 0.2) is 67.0 Å². The van der Waals surface area contributed by atoms with E-state index < -0.39 is 0 Å². The van der Waals surface area contributed by atoms with Crippen molar-refractivity contribution in [3.63, 3.8) is 0 Å². The largest absolute Gasteiger partial charge is 0.439 e. The van der Waals surface area contributed by atoms with Crippen LogP contribution in [0.5, 0.6) is 11.6 Å². The second-order valence-corrected chi connectivity index (χ2v) is 5.77. The molecule has 0 saturated carbocycles. The van der Waals surface area contributed by atoms with E-state index in [0.29, 0.717) is 29.6 Å². The topological polar surface area (TPSA) is 65.7 Å². The Morgan fingerprint density at radius 2 is 1.78 bits per heavy atom. The van der Waals surface area contributed by atoms with Gasteiger partial charge in [0.05, 0.1) is 5.69 Å². The van der Waals surface area contributed by atoms with E-state index in [2.05, 4.69) is 20.3 Å². The van der Waals surface area contributed by atoms with Crippen LogP contribution in [0.4, 0.5) is 4.39 Å². The van der Waals surface area contributed by atoms with E-state index in [1.165, 1.54) is 18.5 Å². The molecule has 7 heteroatoms. The molecule has 4 rings (SSSR count). The van der Waals surface area contributed by atoms with Crippen molar-refractivity contribution in [2.75, 3.05) is 0 Å². The van der Waals surface area contributed by atoms with Crippen LogP contribution in [0.25, 0.3) is 22.6 Å². The van der Waals surface area contributed by atoms with Gasteiger partial charge in [-0.1, -0.05) is 23.4 Å². The Bertz CT molecular complexity index is 1050. The van der Waals surface area contributed by atoms with E-state index in [1.807, 2.05) is 37.3 Å². The number of hydrogen-bond acceptors (Lipinski definition) is 5. The third-order valence-electron chi connectivity index (χ3n) is 4.00. The lowest BCUT2D eigenvalue weighted by Crippen LogP contribution is -2.01. The molecule has 4 aromatic rings. The Morgan fingerprint density at radius 1 is 1.00 bits per heavy atom. The molecule has 0 unspecified atom stereocenters. The molecular weight excluding hydrogens is 345 g/mol. The molecule has 0 N–H and O–H groups in total. The maximum absolute atomic E-state index is 13.3. The van der Waals surface area contributed by atoms with E-state index in [0.717, 1.165) is 11.3 Å². The molecule has 0 aliphatic rings. The monoisotopic (exact) mass is 361 g/mol. The molecule has 0 bridgehead atoms. The van der Waals surface area contributed by atoms with Gasteiger partial charge in [-0.25, -0.2) is 19.0 Å². The minimum Gasteiger partial charge on any atom is -0.439 e. The van der Waals surface area contributed by atoms with Gasteiger partial charge in [-0.05, 0) is 43.3 Å².